The number of allylic oxidation sites excluding steroid dienone is 2. The smallest absolute Gasteiger partial charge is 0.319 e. The Kier molecular flexibility index (Phi) is 7.75. The molecule has 6 nitrogen and oxygen atoms in total. The zero-order valence-electron chi connectivity index (χ0n) is 26.0. The van der Waals surface area contributed by atoms with E-state index >= 15 is 0 Å². The van der Waals surface area contributed by atoms with Gasteiger partial charge in [-0.3, -0.25) is 14.4 Å². The predicted molar refractivity (Wildman–Crippen MR) is 158 cm³/mol. The van der Waals surface area contributed by atoms with Crippen molar-refractivity contribution < 1.29 is 23.9 Å². The van der Waals surface area contributed by atoms with Gasteiger partial charge >= 0.3 is 11.9 Å². The Morgan fingerprint density at radius 1 is 0.950 bits per heavy atom. The molecule has 40 heavy (non-hydrogen) atoms. The lowest BCUT2D eigenvalue weighted by atomic mass is 9.33. The number of ether oxygens (including phenoxy) is 2. The van der Waals surface area contributed by atoms with Gasteiger partial charge in [0.05, 0.1) is 19.1 Å². The maximum Gasteiger partial charge on any atom is 0.319 e. The number of carbonyl (C=O) groups is 3. The van der Waals surface area contributed by atoms with E-state index in [1.165, 1.54) is 12.7 Å². The standard InChI is InChI=1S/C33H51NO5.ClH/c1-28(2)23-9-12-33(7)26(31(23,5)11-10-24(28)39-25(36)19-34)22(35)17-20-21-18-30(4,27(37)38-8)14-13-29(21,3)15-16-32(20,33)6;/h17,21,23-24,26H,9-16,18-19,34H2,1-8H3;1H/t21-,23-,24-,26+,29+,30-,31-,32+,33+;/m0./s1. The Bertz CT molecular complexity index is 1120. The molecular formula is C33H52ClNO5. The van der Waals surface area contributed by atoms with E-state index in [1.54, 1.807) is 0 Å². The van der Waals surface area contributed by atoms with E-state index in [0.717, 1.165) is 57.8 Å². The molecule has 0 heterocycles. The lowest BCUT2D eigenvalue weighted by Gasteiger charge is -2.70. The molecule has 226 valence electrons. The van der Waals surface area contributed by atoms with Crippen LogP contribution in [0.25, 0.3) is 0 Å². The number of esters is 2. The van der Waals surface area contributed by atoms with Crippen LogP contribution in [0.4, 0.5) is 0 Å². The maximum atomic E-state index is 14.5. The fourth-order valence-electron chi connectivity index (χ4n) is 11.0. The van der Waals surface area contributed by atoms with E-state index in [2.05, 4.69) is 54.5 Å². The first kappa shape index (κ1) is 31.5. The molecule has 0 aromatic carbocycles. The van der Waals surface area contributed by atoms with Crippen molar-refractivity contribution in [3.8, 4) is 0 Å². The minimum Gasteiger partial charge on any atom is -0.469 e. The zero-order valence-corrected chi connectivity index (χ0v) is 26.8. The van der Waals surface area contributed by atoms with Gasteiger partial charge in [-0.1, -0.05) is 47.1 Å². The Morgan fingerprint density at radius 3 is 2.23 bits per heavy atom. The molecule has 0 spiro atoms. The van der Waals surface area contributed by atoms with Gasteiger partial charge in [-0.25, -0.2) is 0 Å². The summed E-state index contributed by atoms with van der Waals surface area (Å²) in [5.41, 5.74) is 5.84. The van der Waals surface area contributed by atoms with Gasteiger partial charge in [0.25, 0.3) is 0 Å². The van der Waals surface area contributed by atoms with Crippen LogP contribution in [0.2, 0.25) is 0 Å². The molecule has 0 saturated heterocycles. The molecule has 0 aromatic rings. The first-order valence-electron chi connectivity index (χ1n) is 15.3. The molecule has 7 heteroatoms. The summed E-state index contributed by atoms with van der Waals surface area (Å²) >= 11 is 0. The largest absolute Gasteiger partial charge is 0.469 e. The quantitative estimate of drug-likeness (QED) is 0.388. The van der Waals surface area contributed by atoms with Crippen molar-refractivity contribution in [1.29, 1.82) is 0 Å². The lowest BCUT2D eigenvalue weighted by molar-refractivity contribution is -0.210. The zero-order chi connectivity index (χ0) is 28.8. The van der Waals surface area contributed by atoms with Gasteiger partial charge in [-0.15, -0.1) is 12.4 Å². The van der Waals surface area contributed by atoms with Crippen molar-refractivity contribution >= 4 is 30.1 Å². The topological polar surface area (TPSA) is 95.7 Å². The minimum absolute atomic E-state index is 0. The van der Waals surface area contributed by atoms with Gasteiger partial charge < -0.3 is 15.2 Å². The van der Waals surface area contributed by atoms with Crippen LogP contribution in [0, 0.1) is 50.2 Å². The first-order chi connectivity index (χ1) is 18.0. The number of fused-ring (bicyclic) bond motifs is 7. The highest BCUT2D eigenvalue weighted by molar-refractivity contribution is 5.95. The molecule has 4 fully saturated rings. The summed E-state index contributed by atoms with van der Waals surface area (Å²) in [7, 11) is 1.49. The van der Waals surface area contributed by atoms with E-state index in [9.17, 15) is 14.4 Å². The van der Waals surface area contributed by atoms with Crippen LogP contribution in [0.3, 0.4) is 0 Å². The second-order valence-corrected chi connectivity index (χ2v) is 15.8. The van der Waals surface area contributed by atoms with E-state index in [4.69, 9.17) is 15.2 Å². The summed E-state index contributed by atoms with van der Waals surface area (Å²) in [5.74, 6) is 0.238. The van der Waals surface area contributed by atoms with Crippen LogP contribution in [0.1, 0.15) is 106 Å². The van der Waals surface area contributed by atoms with Gasteiger partial charge in [0.2, 0.25) is 0 Å². The monoisotopic (exact) mass is 577 g/mol. The summed E-state index contributed by atoms with van der Waals surface area (Å²) in [4.78, 5) is 39.5. The van der Waals surface area contributed by atoms with Crippen LogP contribution in [0.5, 0.6) is 0 Å². The van der Waals surface area contributed by atoms with Gasteiger partial charge in [-0.05, 0) is 104 Å². The number of rotatable bonds is 3. The number of methoxy groups -OCH3 is 1. The van der Waals surface area contributed by atoms with Crippen LogP contribution in [-0.2, 0) is 23.9 Å². The van der Waals surface area contributed by atoms with E-state index < -0.39 is 5.41 Å². The molecule has 2 N–H and O–H groups in total. The average molecular weight is 578 g/mol. The Balaban J connectivity index is 0.00000370. The summed E-state index contributed by atoms with van der Waals surface area (Å²) in [6, 6.07) is 0. The number of carbonyl (C=O) groups excluding carboxylic acids is 3. The van der Waals surface area contributed by atoms with Crippen molar-refractivity contribution in [2.24, 2.45) is 56.0 Å². The molecule has 0 aliphatic heterocycles. The molecule has 0 bridgehead atoms. The molecule has 5 aliphatic carbocycles. The van der Waals surface area contributed by atoms with Crippen molar-refractivity contribution in [1.82, 2.24) is 0 Å². The van der Waals surface area contributed by atoms with Gasteiger partial charge in [0, 0.05) is 11.3 Å². The summed E-state index contributed by atoms with van der Waals surface area (Å²) in [6.07, 6.45) is 10.3. The Hall–Kier alpha value is -1.40. The first-order valence-corrected chi connectivity index (χ1v) is 15.3. The van der Waals surface area contributed by atoms with Gasteiger partial charge in [-0.2, -0.15) is 0 Å². The van der Waals surface area contributed by atoms with Crippen molar-refractivity contribution in [3.63, 3.8) is 0 Å². The van der Waals surface area contributed by atoms with Crippen LogP contribution in [0.15, 0.2) is 11.6 Å². The molecule has 0 aromatic heterocycles. The van der Waals surface area contributed by atoms with Gasteiger partial charge in [0.15, 0.2) is 5.78 Å². The molecule has 0 amide bonds. The van der Waals surface area contributed by atoms with Crippen LogP contribution >= 0.6 is 12.4 Å². The number of hydrogen-bond acceptors (Lipinski definition) is 6. The number of halogens is 1. The number of nitrogens with two attached hydrogens (primary N) is 1. The van der Waals surface area contributed by atoms with Crippen LogP contribution in [-0.4, -0.2) is 37.5 Å². The second kappa shape index (κ2) is 9.82. The van der Waals surface area contributed by atoms with Crippen LogP contribution < -0.4 is 5.73 Å². The molecular weight excluding hydrogens is 526 g/mol. The molecule has 0 unspecified atom stereocenters. The summed E-state index contributed by atoms with van der Waals surface area (Å²) < 4.78 is 11.1. The second-order valence-electron chi connectivity index (χ2n) is 15.8. The highest BCUT2D eigenvalue weighted by Crippen LogP contribution is 2.75. The Labute approximate surface area is 247 Å². The molecule has 5 aliphatic rings. The summed E-state index contributed by atoms with van der Waals surface area (Å²) in [5, 5.41) is 0. The number of hydrogen-bond donors (Lipinski definition) is 1. The third kappa shape index (κ3) is 4.08. The van der Waals surface area contributed by atoms with E-state index in [1.807, 2.05) is 0 Å². The van der Waals surface area contributed by atoms with Crippen molar-refractivity contribution in [2.75, 3.05) is 13.7 Å². The van der Waals surface area contributed by atoms with Crippen molar-refractivity contribution in [3.05, 3.63) is 11.6 Å². The third-order valence-corrected chi connectivity index (χ3v) is 13.6. The SMILES string of the molecule is COC(=O)[C@@]1(C)CC[C@]2(C)CC[C@]3(C)C(=CC(=O)[C@@H]4[C@@]5(C)CC[C@H](OC(=O)CN)C(C)(C)[C@@H]5CC[C@]43C)[C@@H]2C1.Cl. The maximum absolute atomic E-state index is 14.5. The molecule has 4 saturated carbocycles. The Morgan fingerprint density at radius 2 is 1.60 bits per heavy atom. The summed E-state index contributed by atoms with van der Waals surface area (Å²) in [6.45, 7) is 16.0. The third-order valence-electron chi connectivity index (χ3n) is 13.6. The molecule has 5 rings (SSSR count). The normalized spacial score (nSPS) is 47.2. The molecule has 9 atom stereocenters. The predicted octanol–water partition coefficient (Wildman–Crippen LogP) is 6.43. The fourth-order valence-corrected chi connectivity index (χ4v) is 11.0. The lowest BCUT2D eigenvalue weighted by Crippen LogP contribution is -2.66. The van der Waals surface area contributed by atoms with Crippen molar-refractivity contribution in [2.45, 2.75) is 112 Å². The fraction of sp³-hybridized carbons (Fsp3) is 0.848. The number of ketones is 1. The average Bonchev–Trinajstić information content (AvgIpc) is 2.87. The minimum atomic E-state index is -0.508. The highest BCUT2D eigenvalue weighted by atomic mass is 35.5. The highest BCUT2D eigenvalue weighted by Gasteiger charge is 2.70. The van der Waals surface area contributed by atoms with E-state index in [-0.39, 0.29) is 87.6 Å². The van der Waals surface area contributed by atoms with E-state index in [0.29, 0.717) is 0 Å². The van der Waals surface area contributed by atoms with Gasteiger partial charge in [0.1, 0.15) is 6.10 Å². The molecule has 0 radical (unpaired) electrons.